The van der Waals surface area contributed by atoms with Crippen LogP contribution in [0.4, 0.5) is 5.95 Å². The quantitative estimate of drug-likeness (QED) is 0.477. The molecule has 3 aromatic heterocycles. The van der Waals surface area contributed by atoms with Crippen molar-refractivity contribution in [3.05, 3.63) is 54.3 Å². The Labute approximate surface area is 179 Å². The minimum absolute atomic E-state index is 0.0859. The molecular weight excluding hydrogens is 404 g/mol. The van der Waals surface area contributed by atoms with Gasteiger partial charge in [0.1, 0.15) is 5.01 Å². The Morgan fingerprint density at radius 2 is 2.03 bits per heavy atom. The molecule has 3 aromatic rings. The predicted octanol–water partition coefficient (Wildman–Crippen LogP) is 3.44. The van der Waals surface area contributed by atoms with Crippen LogP contribution in [0.25, 0.3) is 0 Å². The molecule has 0 aromatic carbocycles. The summed E-state index contributed by atoms with van der Waals surface area (Å²) >= 11 is 3.34. The predicted molar refractivity (Wildman–Crippen MR) is 120 cm³/mol. The molecule has 9 heteroatoms. The molecule has 156 valence electrons. The molecule has 0 saturated carbocycles. The van der Waals surface area contributed by atoms with Crippen LogP contribution in [0, 0.1) is 6.92 Å². The summed E-state index contributed by atoms with van der Waals surface area (Å²) in [7, 11) is 4.13. The molecule has 3 heterocycles. The van der Waals surface area contributed by atoms with Crippen LogP contribution in [-0.4, -0.2) is 45.5 Å². The summed E-state index contributed by atoms with van der Waals surface area (Å²) in [6, 6.07) is 0.332. The summed E-state index contributed by atoms with van der Waals surface area (Å²) in [4.78, 5) is 31.9. The normalized spacial score (nSPS) is 12.4. The second kappa shape index (κ2) is 10.1. The lowest BCUT2D eigenvalue weighted by atomic mass is 10.1. The zero-order valence-electron chi connectivity index (χ0n) is 17.4. The SMILES string of the molecule is Cc1scnc1CCc1cnc(NCCCc2csc(C(C)N(C)C)n2)[nH]c1=O. The first kappa shape index (κ1) is 21.6. The maximum Gasteiger partial charge on any atom is 0.255 e. The Morgan fingerprint density at radius 1 is 1.21 bits per heavy atom. The monoisotopic (exact) mass is 432 g/mol. The highest BCUT2D eigenvalue weighted by Crippen LogP contribution is 2.22. The van der Waals surface area contributed by atoms with Crippen LogP contribution in [0.15, 0.2) is 21.9 Å². The van der Waals surface area contributed by atoms with Crippen LogP contribution in [0.3, 0.4) is 0 Å². The molecule has 0 spiro atoms. The van der Waals surface area contributed by atoms with Gasteiger partial charge in [-0.15, -0.1) is 22.7 Å². The second-order valence-electron chi connectivity index (χ2n) is 7.29. The largest absolute Gasteiger partial charge is 0.356 e. The smallest absolute Gasteiger partial charge is 0.255 e. The van der Waals surface area contributed by atoms with E-state index in [0.717, 1.165) is 42.2 Å². The Bertz CT molecular complexity index is 977. The third kappa shape index (κ3) is 5.94. The maximum atomic E-state index is 12.3. The third-order valence-corrected chi connectivity index (χ3v) is 6.82. The molecular formula is C20H28N6OS2. The van der Waals surface area contributed by atoms with E-state index in [2.05, 4.69) is 58.5 Å². The van der Waals surface area contributed by atoms with Crippen molar-refractivity contribution in [3.63, 3.8) is 0 Å². The van der Waals surface area contributed by atoms with Gasteiger partial charge in [0, 0.05) is 28.6 Å². The first-order chi connectivity index (χ1) is 13.9. The summed E-state index contributed by atoms with van der Waals surface area (Å²) in [5.41, 5.74) is 4.62. The molecule has 0 bridgehead atoms. The molecule has 3 rings (SSSR count). The summed E-state index contributed by atoms with van der Waals surface area (Å²) in [5.74, 6) is 0.517. The van der Waals surface area contributed by atoms with Gasteiger partial charge in [-0.25, -0.2) is 15.0 Å². The van der Waals surface area contributed by atoms with Crippen LogP contribution < -0.4 is 10.9 Å². The van der Waals surface area contributed by atoms with E-state index in [1.165, 1.54) is 4.88 Å². The molecule has 2 N–H and O–H groups in total. The van der Waals surface area contributed by atoms with E-state index in [4.69, 9.17) is 4.98 Å². The topological polar surface area (TPSA) is 86.8 Å². The van der Waals surface area contributed by atoms with Crippen molar-refractivity contribution in [2.75, 3.05) is 26.0 Å². The fourth-order valence-corrected chi connectivity index (χ4v) is 4.47. The fourth-order valence-electron chi connectivity index (χ4n) is 2.84. The van der Waals surface area contributed by atoms with Gasteiger partial charge in [0.15, 0.2) is 0 Å². The van der Waals surface area contributed by atoms with Crippen molar-refractivity contribution in [3.8, 4) is 0 Å². The standard InChI is InChI=1S/C20H28N6OS2/c1-13(26(3)4)19-24-16(11-28-19)6-5-9-21-20-22-10-15(18(27)25-20)7-8-17-14(2)29-12-23-17/h10-13H,5-9H2,1-4H3,(H2,21,22,25,27). The van der Waals surface area contributed by atoms with Gasteiger partial charge in [-0.2, -0.15) is 0 Å². The number of hydrogen-bond acceptors (Lipinski definition) is 8. The number of aromatic nitrogens is 4. The number of nitrogens with one attached hydrogen (secondary N) is 2. The van der Waals surface area contributed by atoms with E-state index in [-0.39, 0.29) is 5.56 Å². The average Bonchev–Trinajstić information content (AvgIpc) is 3.33. The van der Waals surface area contributed by atoms with E-state index < -0.39 is 0 Å². The summed E-state index contributed by atoms with van der Waals surface area (Å²) in [5, 5.41) is 6.48. The Morgan fingerprint density at radius 3 is 2.72 bits per heavy atom. The minimum Gasteiger partial charge on any atom is -0.356 e. The number of aromatic amines is 1. The summed E-state index contributed by atoms with van der Waals surface area (Å²) in [6.45, 7) is 4.95. The lowest BCUT2D eigenvalue weighted by Gasteiger charge is -2.16. The lowest BCUT2D eigenvalue weighted by Crippen LogP contribution is -2.18. The van der Waals surface area contributed by atoms with E-state index in [0.29, 0.717) is 24.0 Å². The average molecular weight is 433 g/mol. The van der Waals surface area contributed by atoms with Crippen LogP contribution >= 0.6 is 22.7 Å². The summed E-state index contributed by atoms with van der Waals surface area (Å²) < 4.78 is 0. The zero-order valence-corrected chi connectivity index (χ0v) is 19.0. The number of nitrogens with zero attached hydrogens (tertiary/aromatic N) is 4. The van der Waals surface area contributed by atoms with E-state index in [1.807, 2.05) is 5.51 Å². The summed E-state index contributed by atoms with van der Waals surface area (Å²) in [6.07, 6.45) is 4.89. The van der Waals surface area contributed by atoms with Crippen molar-refractivity contribution in [1.82, 2.24) is 24.8 Å². The van der Waals surface area contributed by atoms with E-state index in [9.17, 15) is 4.79 Å². The molecule has 0 amide bonds. The third-order valence-electron chi connectivity index (χ3n) is 4.95. The molecule has 0 aliphatic rings. The molecule has 29 heavy (non-hydrogen) atoms. The molecule has 0 aliphatic heterocycles. The number of H-pyrrole nitrogens is 1. The molecule has 0 radical (unpaired) electrons. The van der Waals surface area contributed by atoms with Crippen LogP contribution in [0.5, 0.6) is 0 Å². The number of hydrogen-bond donors (Lipinski definition) is 2. The van der Waals surface area contributed by atoms with Gasteiger partial charge in [-0.05, 0) is 53.6 Å². The van der Waals surface area contributed by atoms with Crippen molar-refractivity contribution in [2.24, 2.45) is 0 Å². The van der Waals surface area contributed by atoms with Crippen LogP contribution in [0.1, 0.15) is 46.2 Å². The van der Waals surface area contributed by atoms with Crippen molar-refractivity contribution >= 4 is 28.6 Å². The first-order valence-electron chi connectivity index (χ1n) is 9.75. The number of rotatable bonds is 10. The fraction of sp³-hybridized carbons (Fsp3) is 0.500. The van der Waals surface area contributed by atoms with E-state index in [1.54, 1.807) is 28.9 Å². The Balaban J connectivity index is 1.45. The van der Waals surface area contributed by atoms with Crippen LogP contribution in [0.2, 0.25) is 0 Å². The van der Waals surface area contributed by atoms with Gasteiger partial charge in [0.2, 0.25) is 5.95 Å². The van der Waals surface area contributed by atoms with Gasteiger partial charge in [-0.1, -0.05) is 0 Å². The highest BCUT2D eigenvalue weighted by Gasteiger charge is 2.12. The lowest BCUT2D eigenvalue weighted by molar-refractivity contribution is 0.320. The number of anilines is 1. The van der Waals surface area contributed by atoms with Gasteiger partial charge in [-0.3, -0.25) is 9.78 Å². The molecule has 0 aliphatic carbocycles. The second-order valence-corrected chi connectivity index (χ2v) is 9.24. The molecule has 1 atom stereocenters. The molecule has 1 unspecified atom stereocenters. The van der Waals surface area contributed by atoms with Crippen molar-refractivity contribution in [1.29, 1.82) is 0 Å². The highest BCUT2D eigenvalue weighted by atomic mass is 32.1. The van der Waals surface area contributed by atoms with Gasteiger partial charge >= 0.3 is 0 Å². The molecule has 0 fully saturated rings. The molecule has 0 saturated heterocycles. The van der Waals surface area contributed by atoms with E-state index >= 15 is 0 Å². The maximum absolute atomic E-state index is 12.3. The Kier molecular flexibility index (Phi) is 7.51. The van der Waals surface area contributed by atoms with Crippen molar-refractivity contribution < 1.29 is 0 Å². The van der Waals surface area contributed by atoms with Gasteiger partial charge < -0.3 is 10.2 Å². The number of aryl methyl sites for hydroxylation is 4. The first-order valence-corrected chi connectivity index (χ1v) is 11.5. The minimum atomic E-state index is -0.0859. The highest BCUT2D eigenvalue weighted by molar-refractivity contribution is 7.10. The molecule has 7 nitrogen and oxygen atoms in total. The van der Waals surface area contributed by atoms with Crippen molar-refractivity contribution in [2.45, 2.75) is 45.6 Å². The van der Waals surface area contributed by atoms with Crippen LogP contribution in [-0.2, 0) is 19.3 Å². The van der Waals surface area contributed by atoms with Gasteiger partial charge in [0.25, 0.3) is 5.56 Å². The zero-order chi connectivity index (χ0) is 20.8. The number of thiazole rings is 2. The Hall–Kier alpha value is -2.10. The van der Waals surface area contributed by atoms with Gasteiger partial charge in [0.05, 0.1) is 22.9 Å².